The van der Waals surface area contributed by atoms with E-state index >= 15 is 0 Å². The molecule has 9 heteroatoms. The van der Waals surface area contributed by atoms with Gasteiger partial charge in [0.1, 0.15) is 11.5 Å². The molecule has 0 spiro atoms. The number of anilines is 1. The number of pyridine rings is 1. The van der Waals surface area contributed by atoms with Crippen molar-refractivity contribution in [3.63, 3.8) is 0 Å². The third-order valence-electron chi connectivity index (χ3n) is 6.76. The van der Waals surface area contributed by atoms with E-state index in [-0.39, 0.29) is 13.0 Å². The molecule has 1 saturated heterocycles. The monoisotopic (exact) mass is 455 g/mol. The molecule has 0 N–H and O–H groups in total. The second-order valence-electron chi connectivity index (χ2n) is 9.26. The van der Waals surface area contributed by atoms with E-state index in [1.807, 2.05) is 36.0 Å². The van der Waals surface area contributed by atoms with Crippen molar-refractivity contribution >= 4 is 5.82 Å². The van der Waals surface area contributed by atoms with Crippen LogP contribution in [0, 0.1) is 12.8 Å². The van der Waals surface area contributed by atoms with Gasteiger partial charge in [-0.05, 0) is 51.2 Å². The van der Waals surface area contributed by atoms with Gasteiger partial charge in [-0.2, -0.15) is 5.10 Å². The Morgan fingerprint density at radius 3 is 2.64 bits per heavy atom. The average molecular weight is 456 g/mol. The van der Waals surface area contributed by atoms with Crippen molar-refractivity contribution in [1.82, 2.24) is 29.5 Å². The van der Waals surface area contributed by atoms with Gasteiger partial charge in [-0.1, -0.05) is 13.0 Å². The van der Waals surface area contributed by atoms with Gasteiger partial charge in [0, 0.05) is 38.2 Å². The normalized spacial score (nSPS) is 20.1. The molecule has 2 aliphatic rings. The lowest BCUT2D eigenvalue weighted by atomic mass is 10.1. The highest BCUT2D eigenvalue weighted by Gasteiger charge is 2.44. The zero-order chi connectivity index (χ0) is 23.0. The lowest BCUT2D eigenvalue weighted by molar-refractivity contribution is -0.0431. The number of hydrogen-bond acceptors (Lipinski definition) is 5. The summed E-state index contributed by atoms with van der Waals surface area (Å²) in [6.07, 6.45) is 6.23. The van der Waals surface area contributed by atoms with Crippen molar-refractivity contribution in [3.05, 3.63) is 30.1 Å². The Hall–Kier alpha value is -2.84. The number of nitrogens with zero attached hydrogens (tertiary/aromatic N) is 7. The molecule has 0 amide bonds. The number of hydrogen-bond donors (Lipinski definition) is 0. The van der Waals surface area contributed by atoms with Crippen LogP contribution in [0.4, 0.5) is 14.6 Å². The predicted molar refractivity (Wildman–Crippen MR) is 123 cm³/mol. The van der Waals surface area contributed by atoms with Crippen molar-refractivity contribution in [2.24, 2.45) is 5.92 Å². The fourth-order valence-electron chi connectivity index (χ4n) is 4.96. The fourth-order valence-corrected chi connectivity index (χ4v) is 4.96. The van der Waals surface area contributed by atoms with Gasteiger partial charge < -0.3 is 4.90 Å². The van der Waals surface area contributed by atoms with Gasteiger partial charge in [0.2, 0.25) is 0 Å². The summed E-state index contributed by atoms with van der Waals surface area (Å²) >= 11 is 0. The minimum Gasteiger partial charge on any atom is -0.357 e. The molecule has 3 aromatic heterocycles. The fraction of sp³-hybridized carbons (Fsp3) is 0.583. The van der Waals surface area contributed by atoms with Crippen LogP contribution in [0.2, 0.25) is 0 Å². The van der Waals surface area contributed by atoms with Crippen LogP contribution in [0.5, 0.6) is 0 Å². The highest BCUT2D eigenvalue weighted by atomic mass is 19.3. The number of rotatable bonds is 7. The summed E-state index contributed by atoms with van der Waals surface area (Å²) < 4.78 is 32.5. The molecule has 2 fully saturated rings. The first-order valence-electron chi connectivity index (χ1n) is 12.0. The van der Waals surface area contributed by atoms with Crippen molar-refractivity contribution < 1.29 is 8.78 Å². The van der Waals surface area contributed by atoms with Gasteiger partial charge in [0.15, 0.2) is 11.6 Å². The first-order chi connectivity index (χ1) is 15.9. The zero-order valence-corrected chi connectivity index (χ0v) is 19.3. The van der Waals surface area contributed by atoms with Crippen LogP contribution < -0.4 is 4.90 Å². The highest BCUT2D eigenvalue weighted by molar-refractivity contribution is 5.62. The van der Waals surface area contributed by atoms with Crippen molar-refractivity contribution in [2.45, 2.75) is 71.4 Å². The van der Waals surface area contributed by atoms with Gasteiger partial charge in [-0.15, -0.1) is 5.10 Å². The molecule has 3 aromatic rings. The lowest BCUT2D eigenvalue weighted by Crippen LogP contribution is -2.26. The highest BCUT2D eigenvalue weighted by Crippen LogP contribution is 2.41. The molecule has 0 aromatic carbocycles. The molecule has 33 heavy (non-hydrogen) atoms. The molecule has 1 atom stereocenters. The van der Waals surface area contributed by atoms with Crippen LogP contribution in [0.15, 0.2) is 24.4 Å². The molecule has 7 nitrogen and oxygen atoms in total. The van der Waals surface area contributed by atoms with Crippen LogP contribution >= 0.6 is 0 Å². The predicted octanol–water partition coefficient (Wildman–Crippen LogP) is 4.96. The van der Waals surface area contributed by atoms with Crippen LogP contribution in [0.1, 0.15) is 51.1 Å². The third kappa shape index (κ3) is 4.37. The van der Waals surface area contributed by atoms with Gasteiger partial charge >= 0.3 is 0 Å². The smallest absolute Gasteiger partial charge is 0.252 e. The molecular weight excluding hydrogens is 424 g/mol. The maximum atomic E-state index is 14.5. The SMILES string of the molecule is CCCn1cc(-c2nc(-c3cccc(N4CCCC4)n3)nn2CC2CCCC2(F)F)c(C)n1. The molecule has 1 aliphatic carbocycles. The average Bonchev–Trinajstić information content (AvgIpc) is 3.57. The maximum Gasteiger partial charge on any atom is 0.252 e. The molecule has 1 aliphatic heterocycles. The summed E-state index contributed by atoms with van der Waals surface area (Å²) in [7, 11) is 0. The van der Waals surface area contributed by atoms with Gasteiger partial charge in [-0.3, -0.25) is 4.68 Å². The van der Waals surface area contributed by atoms with E-state index in [2.05, 4.69) is 16.9 Å². The largest absolute Gasteiger partial charge is 0.357 e. The molecule has 4 heterocycles. The second-order valence-corrected chi connectivity index (χ2v) is 9.26. The number of aromatic nitrogens is 6. The summed E-state index contributed by atoms with van der Waals surface area (Å²) in [6.45, 7) is 6.95. The summed E-state index contributed by atoms with van der Waals surface area (Å²) in [4.78, 5) is 11.9. The summed E-state index contributed by atoms with van der Waals surface area (Å²) in [5, 5.41) is 9.30. The topological polar surface area (TPSA) is 64.7 Å². The first kappa shape index (κ1) is 22.0. The van der Waals surface area contributed by atoms with Gasteiger partial charge in [-0.25, -0.2) is 23.4 Å². The summed E-state index contributed by atoms with van der Waals surface area (Å²) in [5.41, 5.74) is 2.32. The van der Waals surface area contributed by atoms with Crippen molar-refractivity contribution in [2.75, 3.05) is 18.0 Å². The van der Waals surface area contributed by atoms with E-state index in [0.29, 0.717) is 30.2 Å². The minimum atomic E-state index is -2.67. The van der Waals surface area contributed by atoms with E-state index in [1.165, 1.54) is 12.8 Å². The Bertz CT molecular complexity index is 1110. The summed E-state index contributed by atoms with van der Waals surface area (Å²) in [6, 6.07) is 5.86. The van der Waals surface area contributed by atoms with E-state index in [1.54, 1.807) is 4.68 Å². The molecule has 0 bridgehead atoms. The van der Waals surface area contributed by atoms with Crippen LogP contribution in [0.25, 0.3) is 22.9 Å². The molecule has 176 valence electrons. The zero-order valence-electron chi connectivity index (χ0n) is 19.3. The molecule has 0 radical (unpaired) electrons. The standard InChI is InChI=1S/C24H31F2N7/c1-3-12-32-16-19(17(2)29-32)23-28-22(30-33(23)15-18-8-7-11-24(18,25)26)20-9-6-10-21(27-20)31-13-4-5-14-31/h6,9-10,16,18H,3-5,7-8,11-15H2,1-2H3. The van der Waals surface area contributed by atoms with E-state index in [4.69, 9.17) is 15.1 Å². The maximum absolute atomic E-state index is 14.5. The van der Waals surface area contributed by atoms with Crippen LogP contribution in [-0.4, -0.2) is 48.5 Å². The van der Waals surface area contributed by atoms with E-state index in [0.717, 1.165) is 43.1 Å². The Labute approximate surface area is 192 Å². The molecular formula is C24H31F2N7. The summed E-state index contributed by atoms with van der Waals surface area (Å²) in [5.74, 6) is -1.44. The van der Waals surface area contributed by atoms with E-state index in [9.17, 15) is 8.78 Å². The first-order valence-corrected chi connectivity index (χ1v) is 12.0. The number of halogens is 2. The minimum absolute atomic E-state index is 0.0541. The number of alkyl halides is 2. The van der Waals surface area contributed by atoms with Crippen LogP contribution in [0.3, 0.4) is 0 Å². The molecule has 5 rings (SSSR count). The molecule has 1 unspecified atom stereocenters. The Morgan fingerprint density at radius 1 is 1.09 bits per heavy atom. The van der Waals surface area contributed by atoms with Crippen molar-refractivity contribution in [3.8, 4) is 22.9 Å². The third-order valence-corrected chi connectivity index (χ3v) is 6.76. The Kier molecular flexibility index (Phi) is 5.88. The quantitative estimate of drug-likeness (QED) is 0.504. The lowest BCUT2D eigenvalue weighted by Gasteiger charge is -2.19. The Balaban J connectivity index is 1.54. The van der Waals surface area contributed by atoms with Crippen LogP contribution in [-0.2, 0) is 13.1 Å². The van der Waals surface area contributed by atoms with Crippen molar-refractivity contribution in [1.29, 1.82) is 0 Å². The second kappa shape index (κ2) is 8.83. The van der Waals surface area contributed by atoms with E-state index < -0.39 is 11.8 Å². The Morgan fingerprint density at radius 2 is 1.91 bits per heavy atom. The van der Waals surface area contributed by atoms with Gasteiger partial charge in [0.25, 0.3) is 5.92 Å². The number of aryl methyl sites for hydroxylation is 2. The molecule has 1 saturated carbocycles. The van der Waals surface area contributed by atoms with Gasteiger partial charge in [0.05, 0.1) is 17.8 Å².